The highest BCUT2D eigenvalue weighted by atomic mass is 16.5. The molecule has 2 aliphatic rings. The van der Waals surface area contributed by atoms with Crippen molar-refractivity contribution < 1.29 is 23.8 Å². The number of benzene rings is 1. The summed E-state index contributed by atoms with van der Waals surface area (Å²) in [5.41, 5.74) is 2.19. The van der Waals surface area contributed by atoms with Gasteiger partial charge in [-0.2, -0.15) is 4.98 Å². The quantitative estimate of drug-likeness (QED) is 0.370. The zero-order valence-electron chi connectivity index (χ0n) is 25.1. The molecule has 2 fully saturated rings. The molecule has 4 rings (SSSR count). The van der Waals surface area contributed by atoms with Gasteiger partial charge in [0.05, 0.1) is 37.1 Å². The Bertz CT molecular complexity index is 1120. The highest BCUT2D eigenvalue weighted by Crippen LogP contribution is 2.29. The van der Waals surface area contributed by atoms with Gasteiger partial charge in [0.1, 0.15) is 0 Å². The molecule has 41 heavy (non-hydrogen) atoms. The maximum absolute atomic E-state index is 14.5. The van der Waals surface area contributed by atoms with Crippen LogP contribution in [0, 0.1) is 11.8 Å². The number of aromatic nitrogens is 2. The molecule has 2 saturated heterocycles. The molecular formula is C31H47N5O5. The van der Waals surface area contributed by atoms with Crippen LogP contribution in [-0.4, -0.2) is 103 Å². The van der Waals surface area contributed by atoms with E-state index in [1.807, 2.05) is 51.6 Å². The van der Waals surface area contributed by atoms with Gasteiger partial charge in [-0.15, -0.1) is 0 Å². The third kappa shape index (κ3) is 7.87. The van der Waals surface area contributed by atoms with E-state index >= 15 is 0 Å². The van der Waals surface area contributed by atoms with Gasteiger partial charge in [0.2, 0.25) is 5.91 Å². The summed E-state index contributed by atoms with van der Waals surface area (Å²) in [6.45, 7) is 11.5. The Balaban J connectivity index is 1.66. The van der Waals surface area contributed by atoms with Crippen LogP contribution in [0.3, 0.4) is 0 Å². The highest BCUT2D eigenvalue weighted by molar-refractivity contribution is 5.94. The Hall–Kier alpha value is -2.95. The Morgan fingerprint density at radius 3 is 2.59 bits per heavy atom. The molecule has 0 radical (unpaired) electrons. The van der Waals surface area contributed by atoms with Crippen molar-refractivity contribution in [1.82, 2.24) is 24.7 Å². The van der Waals surface area contributed by atoms with Crippen LogP contribution in [0.1, 0.15) is 56.2 Å². The number of imidazole rings is 1. The molecule has 0 bridgehead atoms. The Morgan fingerprint density at radius 1 is 1.15 bits per heavy atom. The number of ether oxygens (including phenoxy) is 3. The first-order valence-corrected chi connectivity index (χ1v) is 15.1. The van der Waals surface area contributed by atoms with Gasteiger partial charge in [0.25, 0.3) is 5.91 Å². The minimum absolute atomic E-state index is 0.109. The second-order valence-electron chi connectivity index (χ2n) is 11.3. The average molecular weight is 570 g/mol. The number of morpholine rings is 1. The van der Waals surface area contributed by atoms with Gasteiger partial charge < -0.3 is 29.3 Å². The van der Waals surface area contributed by atoms with Crippen molar-refractivity contribution in [2.24, 2.45) is 11.8 Å². The van der Waals surface area contributed by atoms with Crippen LogP contribution >= 0.6 is 0 Å². The summed E-state index contributed by atoms with van der Waals surface area (Å²) in [7, 11) is 1.70. The number of nitrogens with one attached hydrogen (secondary N) is 1. The second-order valence-corrected chi connectivity index (χ2v) is 11.3. The van der Waals surface area contributed by atoms with Gasteiger partial charge in [-0.05, 0) is 50.7 Å². The number of methoxy groups -OCH3 is 1. The van der Waals surface area contributed by atoms with Gasteiger partial charge in [0, 0.05) is 52.5 Å². The molecule has 1 aromatic carbocycles. The maximum Gasteiger partial charge on any atom is 0.302 e. The van der Waals surface area contributed by atoms with E-state index in [2.05, 4.69) is 19.2 Å². The third-order valence-corrected chi connectivity index (χ3v) is 7.71. The molecule has 0 aliphatic carbocycles. The summed E-state index contributed by atoms with van der Waals surface area (Å²) < 4.78 is 18.7. The molecule has 2 amide bonds. The molecule has 10 heteroatoms. The normalized spacial score (nSPS) is 19.4. The standard InChI is InChI=1S/C31H47N5O5/c1-5-41-31-33-28(27(13-9-10-16-39-4)36(31)25-11-7-6-8-12-25)30(38)35(22-23(2)3)26-19-24(20-32-21-26)29(37)34-14-17-40-18-15-34/h6-8,11-12,23-24,26,32H,5,9-10,13-22H2,1-4H3/t24-,26+/m1/s1. The summed E-state index contributed by atoms with van der Waals surface area (Å²) in [5, 5.41) is 3.45. The predicted octanol–water partition coefficient (Wildman–Crippen LogP) is 3.18. The van der Waals surface area contributed by atoms with Crippen molar-refractivity contribution in [2.75, 3.05) is 66.3 Å². The van der Waals surface area contributed by atoms with Gasteiger partial charge in [-0.3, -0.25) is 14.2 Å². The first-order chi connectivity index (χ1) is 19.9. The first-order valence-electron chi connectivity index (χ1n) is 15.1. The Morgan fingerprint density at radius 2 is 1.90 bits per heavy atom. The van der Waals surface area contributed by atoms with Crippen LogP contribution in [0.5, 0.6) is 6.01 Å². The molecule has 0 spiro atoms. The molecule has 3 heterocycles. The summed E-state index contributed by atoms with van der Waals surface area (Å²) in [6.07, 6.45) is 3.02. The fourth-order valence-electron chi connectivity index (χ4n) is 5.76. The van der Waals surface area contributed by atoms with Gasteiger partial charge >= 0.3 is 6.01 Å². The van der Waals surface area contributed by atoms with E-state index in [9.17, 15) is 9.59 Å². The summed E-state index contributed by atoms with van der Waals surface area (Å²) in [5.74, 6) is 0.112. The molecular weight excluding hydrogens is 522 g/mol. The van der Waals surface area contributed by atoms with Crippen molar-refractivity contribution in [3.63, 3.8) is 0 Å². The molecule has 2 aliphatic heterocycles. The number of carbonyl (C=O) groups is 2. The predicted molar refractivity (Wildman–Crippen MR) is 158 cm³/mol. The third-order valence-electron chi connectivity index (χ3n) is 7.71. The van der Waals surface area contributed by atoms with Gasteiger partial charge in [0.15, 0.2) is 5.69 Å². The number of para-hydroxylation sites is 1. The van der Waals surface area contributed by atoms with Crippen molar-refractivity contribution in [3.05, 3.63) is 41.7 Å². The zero-order valence-corrected chi connectivity index (χ0v) is 25.1. The van der Waals surface area contributed by atoms with E-state index < -0.39 is 0 Å². The Labute approximate surface area is 244 Å². The van der Waals surface area contributed by atoms with Crippen LogP contribution in [0.4, 0.5) is 0 Å². The summed E-state index contributed by atoms with van der Waals surface area (Å²) in [6, 6.07) is 10.3. The molecule has 226 valence electrons. The summed E-state index contributed by atoms with van der Waals surface area (Å²) in [4.78, 5) is 36.6. The average Bonchev–Trinajstić information content (AvgIpc) is 3.36. The number of unbranched alkanes of at least 4 members (excludes halogenated alkanes) is 1. The number of piperidine rings is 1. The lowest BCUT2D eigenvalue weighted by atomic mass is 9.92. The number of hydrogen-bond acceptors (Lipinski definition) is 7. The maximum atomic E-state index is 14.5. The number of rotatable bonds is 13. The molecule has 0 unspecified atom stereocenters. The lowest BCUT2D eigenvalue weighted by Gasteiger charge is -2.40. The highest BCUT2D eigenvalue weighted by Gasteiger charge is 2.37. The fourth-order valence-corrected chi connectivity index (χ4v) is 5.76. The van der Waals surface area contributed by atoms with E-state index in [-0.39, 0.29) is 29.7 Å². The molecule has 10 nitrogen and oxygen atoms in total. The smallest absolute Gasteiger partial charge is 0.302 e. The van der Waals surface area contributed by atoms with E-state index in [0.717, 1.165) is 24.2 Å². The molecule has 2 aromatic rings. The van der Waals surface area contributed by atoms with Crippen molar-refractivity contribution in [1.29, 1.82) is 0 Å². The second kappa shape index (κ2) is 15.3. The number of hydrogen-bond donors (Lipinski definition) is 1. The lowest BCUT2D eigenvalue weighted by molar-refractivity contribution is -0.140. The van der Waals surface area contributed by atoms with Crippen LogP contribution in [0.15, 0.2) is 30.3 Å². The molecule has 0 saturated carbocycles. The van der Waals surface area contributed by atoms with Gasteiger partial charge in [-0.25, -0.2) is 0 Å². The Kier molecular flexibility index (Phi) is 11.6. The minimum atomic E-state index is -0.177. The monoisotopic (exact) mass is 569 g/mol. The van der Waals surface area contributed by atoms with Crippen molar-refractivity contribution >= 4 is 11.8 Å². The SMILES string of the molecule is CCOc1nc(C(=O)N(CC(C)C)[C@@H]2CNC[C@H](C(=O)N3CCOCC3)C2)c(CCCCOC)n1-c1ccccc1. The summed E-state index contributed by atoms with van der Waals surface area (Å²) >= 11 is 0. The first kappa shape index (κ1) is 31.0. The molecule has 1 aromatic heterocycles. The van der Waals surface area contributed by atoms with E-state index in [4.69, 9.17) is 19.2 Å². The number of carbonyl (C=O) groups excluding carboxylic acids is 2. The largest absolute Gasteiger partial charge is 0.465 e. The van der Waals surface area contributed by atoms with Gasteiger partial charge in [-0.1, -0.05) is 32.0 Å². The number of nitrogens with zero attached hydrogens (tertiary/aromatic N) is 4. The van der Waals surface area contributed by atoms with Crippen molar-refractivity contribution in [3.8, 4) is 11.7 Å². The van der Waals surface area contributed by atoms with Crippen molar-refractivity contribution in [2.45, 2.75) is 52.5 Å². The topological polar surface area (TPSA) is 98.2 Å². The van der Waals surface area contributed by atoms with Crippen LogP contribution in [-0.2, 0) is 20.7 Å². The fraction of sp³-hybridized carbons (Fsp3) is 0.645. The van der Waals surface area contributed by atoms with Crippen LogP contribution < -0.4 is 10.1 Å². The molecule has 2 atom stereocenters. The minimum Gasteiger partial charge on any atom is -0.465 e. The number of amides is 2. The van der Waals surface area contributed by atoms with Crippen LogP contribution in [0.25, 0.3) is 5.69 Å². The van der Waals surface area contributed by atoms with E-state index in [1.165, 1.54) is 0 Å². The van der Waals surface area contributed by atoms with E-state index in [0.29, 0.717) is 83.7 Å². The zero-order chi connectivity index (χ0) is 29.2. The van der Waals surface area contributed by atoms with Crippen LogP contribution in [0.2, 0.25) is 0 Å². The van der Waals surface area contributed by atoms with E-state index in [1.54, 1.807) is 7.11 Å². The lowest BCUT2D eigenvalue weighted by Crippen LogP contribution is -2.56. The molecule has 1 N–H and O–H groups in total.